The molecule has 5 atom stereocenters. The summed E-state index contributed by atoms with van der Waals surface area (Å²) in [5.74, 6) is 1.15. The standard InChI is InChI=1S/C19H29IO2/c1-17-10-6-11-18(2,16(21)22-4)15(17)9-8-14-13(17)7-5-12-19(14,3)20/h7,14-15H,5-6,8-12H2,1-4H3/t14?,15?,17-,18+,19-/m0/s1. The number of fused-ring (bicyclic) bond motifs is 3. The highest BCUT2D eigenvalue weighted by molar-refractivity contribution is 14.1. The molecule has 0 saturated heterocycles. The third-order valence-electron chi connectivity index (χ3n) is 7.09. The van der Waals surface area contributed by atoms with E-state index in [0.29, 0.717) is 15.3 Å². The van der Waals surface area contributed by atoms with E-state index in [1.165, 1.54) is 32.1 Å². The zero-order valence-electron chi connectivity index (χ0n) is 14.4. The normalized spacial score (nSPS) is 48.0. The van der Waals surface area contributed by atoms with Crippen LogP contribution in [0.25, 0.3) is 0 Å². The highest BCUT2D eigenvalue weighted by Crippen LogP contribution is 2.64. The van der Waals surface area contributed by atoms with Gasteiger partial charge in [0, 0.05) is 3.42 Å². The van der Waals surface area contributed by atoms with Gasteiger partial charge in [0.25, 0.3) is 0 Å². The number of methoxy groups -OCH3 is 1. The average molecular weight is 416 g/mol. The fourth-order valence-corrected chi connectivity index (χ4v) is 6.86. The molecule has 0 aromatic rings. The van der Waals surface area contributed by atoms with Crippen molar-refractivity contribution < 1.29 is 9.53 Å². The fourth-order valence-electron chi connectivity index (χ4n) is 5.91. The van der Waals surface area contributed by atoms with Crippen molar-refractivity contribution in [1.29, 1.82) is 0 Å². The molecule has 2 unspecified atom stereocenters. The average Bonchev–Trinajstić information content (AvgIpc) is 2.46. The minimum atomic E-state index is -0.299. The maximum absolute atomic E-state index is 12.5. The maximum atomic E-state index is 12.5. The number of halogens is 1. The van der Waals surface area contributed by atoms with Gasteiger partial charge < -0.3 is 4.74 Å². The topological polar surface area (TPSA) is 26.3 Å². The first-order chi connectivity index (χ1) is 10.3. The molecule has 2 fully saturated rings. The quantitative estimate of drug-likeness (QED) is 0.251. The largest absolute Gasteiger partial charge is 0.469 e. The van der Waals surface area contributed by atoms with Gasteiger partial charge in [0.15, 0.2) is 0 Å². The molecular formula is C19H29IO2. The first kappa shape index (κ1) is 16.8. The number of rotatable bonds is 1. The van der Waals surface area contributed by atoms with Crippen molar-refractivity contribution in [1.82, 2.24) is 0 Å². The minimum Gasteiger partial charge on any atom is -0.469 e. The third kappa shape index (κ3) is 2.29. The maximum Gasteiger partial charge on any atom is 0.311 e. The summed E-state index contributed by atoms with van der Waals surface area (Å²) in [6, 6.07) is 0. The smallest absolute Gasteiger partial charge is 0.311 e. The van der Waals surface area contributed by atoms with Gasteiger partial charge in [-0.15, -0.1) is 0 Å². The molecule has 0 bridgehead atoms. The molecule has 2 nitrogen and oxygen atoms in total. The number of alkyl halides is 1. The van der Waals surface area contributed by atoms with Crippen LogP contribution in [0.1, 0.15) is 65.7 Å². The summed E-state index contributed by atoms with van der Waals surface area (Å²) in [6.45, 7) is 7.03. The molecule has 0 N–H and O–H groups in total. The summed E-state index contributed by atoms with van der Waals surface area (Å²) in [7, 11) is 1.55. The Kier molecular flexibility index (Phi) is 4.19. The van der Waals surface area contributed by atoms with Crippen LogP contribution in [0, 0.1) is 22.7 Å². The zero-order chi connectivity index (χ0) is 16.2. The number of carbonyl (C=O) groups excluding carboxylic acids is 1. The summed E-state index contributed by atoms with van der Waals surface area (Å²) in [4.78, 5) is 12.5. The SMILES string of the molecule is COC(=O)[C@]1(C)CCC[C@@]2(C)C3=CCC[C@](C)(I)C3CCC12. The number of ether oxygens (including phenoxy) is 1. The number of carbonyl (C=O) groups is 1. The van der Waals surface area contributed by atoms with Gasteiger partial charge in [-0.2, -0.15) is 0 Å². The van der Waals surface area contributed by atoms with Gasteiger partial charge in [0.2, 0.25) is 0 Å². The molecule has 3 heteroatoms. The van der Waals surface area contributed by atoms with Crippen LogP contribution in [-0.2, 0) is 9.53 Å². The van der Waals surface area contributed by atoms with Crippen LogP contribution in [0.5, 0.6) is 0 Å². The lowest BCUT2D eigenvalue weighted by Gasteiger charge is -2.59. The molecular weight excluding hydrogens is 387 g/mol. The highest BCUT2D eigenvalue weighted by Gasteiger charge is 2.59. The molecule has 22 heavy (non-hydrogen) atoms. The first-order valence-electron chi connectivity index (χ1n) is 8.73. The lowest BCUT2D eigenvalue weighted by molar-refractivity contribution is -0.164. The molecule has 0 heterocycles. The third-order valence-corrected chi connectivity index (χ3v) is 8.38. The molecule has 0 aromatic carbocycles. The van der Waals surface area contributed by atoms with Crippen LogP contribution in [0.2, 0.25) is 0 Å². The van der Waals surface area contributed by atoms with Crippen LogP contribution in [0.15, 0.2) is 11.6 Å². The Morgan fingerprint density at radius 2 is 1.95 bits per heavy atom. The predicted molar refractivity (Wildman–Crippen MR) is 98.0 cm³/mol. The Bertz CT molecular complexity index is 510. The number of hydrogen-bond donors (Lipinski definition) is 0. The Labute approximate surface area is 148 Å². The van der Waals surface area contributed by atoms with Gasteiger partial charge in [-0.3, -0.25) is 4.79 Å². The second-order valence-electron chi connectivity index (χ2n) is 8.34. The van der Waals surface area contributed by atoms with E-state index < -0.39 is 0 Å². The molecule has 124 valence electrons. The van der Waals surface area contributed by atoms with Crippen LogP contribution in [0.3, 0.4) is 0 Å². The van der Waals surface area contributed by atoms with Gasteiger partial charge in [-0.1, -0.05) is 47.6 Å². The number of hydrogen-bond acceptors (Lipinski definition) is 2. The Hall–Kier alpha value is -0.0600. The second-order valence-corrected chi connectivity index (χ2v) is 10.8. The van der Waals surface area contributed by atoms with Crippen molar-refractivity contribution in [3.05, 3.63) is 11.6 Å². The van der Waals surface area contributed by atoms with Crippen molar-refractivity contribution in [2.24, 2.45) is 22.7 Å². The van der Waals surface area contributed by atoms with Crippen LogP contribution < -0.4 is 0 Å². The fraction of sp³-hybridized carbons (Fsp3) is 0.842. The van der Waals surface area contributed by atoms with Crippen LogP contribution in [0.4, 0.5) is 0 Å². The molecule has 2 saturated carbocycles. The molecule has 3 rings (SSSR count). The van der Waals surface area contributed by atoms with Crippen molar-refractivity contribution in [3.8, 4) is 0 Å². The molecule has 0 amide bonds. The van der Waals surface area contributed by atoms with Crippen LogP contribution >= 0.6 is 22.6 Å². The Balaban J connectivity index is 2.02. The Morgan fingerprint density at radius 1 is 1.23 bits per heavy atom. The number of esters is 1. The van der Waals surface area contributed by atoms with Crippen molar-refractivity contribution in [2.75, 3.05) is 7.11 Å². The van der Waals surface area contributed by atoms with Gasteiger partial charge in [0.05, 0.1) is 12.5 Å². The molecule has 3 aliphatic rings. The molecule has 0 spiro atoms. The van der Waals surface area contributed by atoms with E-state index in [2.05, 4.69) is 49.4 Å². The van der Waals surface area contributed by atoms with Crippen LogP contribution in [-0.4, -0.2) is 16.5 Å². The molecule has 0 aromatic heterocycles. The van der Waals surface area contributed by atoms with E-state index in [0.717, 1.165) is 12.8 Å². The lowest BCUT2D eigenvalue weighted by atomic mass is 9.46. The van der Waals surface area contributed by atoms with Crippen molar-refractivity contribution in [3.63, 3.8) is 0 Å². The van der Waals surface area contributed by atoms with Gasteiger partial charge in [0.1, 0.15) is 0 Å². The van der Waals surface area contributed by atoms with Gasteiger partial charge >= 0.3 is 5.97 Å². The molecule has 0 radical (unpaired) electrons. The summed E-state index contributed by atoms with van der Waals surface area (Å²) in [5.41, 5.74) is 1.56. The van der Waals surface area contributed by atoms with Gasteiger partial charge in [-0.05, 0) is 69.6 Å². The summed E-state index contributed by atoms with van der Waals surface area (Å²) >= 11 is 2.69. The first-order valence-corrected chi connectivity index (χ1v) is 9.81. The monoisotopic (exact) mass is 416 g/mol. The number of allylic oxidation sites excluding steroid dienone is 2. The van der Waals surface area contributed by atoms with E-state index in [4.69, 9.17) is 4.74 Å². The summed E-state index contributed by atoms with van der Waals surface area (Å²) in [5, 5.41) is 0. The van der Waals surface area contributed by atoms with Crippen molar-refractivity contribution >= 4 is 28.6 Å². The van der Waals surface area contributed by atoms with E-state index in [1.807, 2.05) is 0 Å². The Morgan fingerprint density at radius 3 is 2.64 bits per heavy atom. The molecule has 3 aliphatic carbocycles. The zero-order valence-corrected chi connectivity index (χ0v) is 16.5. The van der Waals surface area contributed by atoms with E-state index >= 15 is 0 Å². The second kappa shape index (κ2) is 5.49. The summed E-state index contributed by atoms with van der Waals surface area (Å²) in [6.07, 6.45) is 10.8. The summed E-state index contributed by atoms with van der Waals surface area (Å²) < 4.78 is 5.59. The minimum absolute atomic E-state index is 0.00974. The van der Waals surface area contributed by atoms with Crippen molar-refractivity contribution in [2.45, 2.75) is 69.1 Å². The van der Waals surface area contributed by atoms with Gasteiger partial charge in [-0.25, -0.2) is 0 Å². The highest BCUT2D eigenvalue weighted by atomic mass is 127. The molecule has 0 aliphatic heterocycles. The lowest BCUT2D eigenvalue weighted by Crippen LogP contribution is -2.54. The van der Waals surface area contributed by atoms with E-state index in [1.54, 1.807) is 12.7 Å². The predicted octanol–water partition coefficient (Wildman–Crippen LogP) is 5.30. The van der Waals surface area contributed by atoms with E-state index in [9.17, 15) is 4.79 Å². The van der Waals surface area contributed by atoms with E-state index in [-0.39, 0.29) is 16.8 Å².